The van der Waals surface area contributed by atoms with Crippen LogP contribution in [0.25, 0.3) is 133 Å². The summed E-state index contributed by atoms with van der Waals surface area (Å²) < 4.78 is 6.75. The van der Waals surface area contributed by atoms with Crippen LogP contribution in [0.5, 0.6) is 0 Å². The molecule has 4 nitrogen and oxygen atoms in total. The van der Waals surface area contributed by atoms with Gasteiger partial charge in [-0.25, -0.2) is 15.0 Å². The van der Waals surface area contributed by atoms with Crippen LogP contribution in [-0.4, -0.2) is 15.0 Å². The maximum atomic E-state index is 6.75. The van der Waals surface area contributed by atoms with Crippen LogP contribution in [0.4, 0.5) is 0 Å². The van der Waals surface area contributed by atoms with Gasteiger partial charge in [-0.05, 0) is 107 Å². The number of furan rings is 1. The zero-order chi connectivity index (χ0) is 44.3. The number of hydrogen-bond acceptors (Lipinski definition) is 4. The number of nitrogens with zero attached hydrogens (tertiary/aromatic N) is 3. The second-order valence-electron chi connectivity index (χ2n) is 17.1. The molecule has 0 aliphatic rings. The van der Waals surface area contributed by atoms with E-state index < -0.39 is 0 Å². The lowest BCUT2D eigenvalue weighted by Crippen LogP contribution is -2.00. The number of fused-ring (bicyclic) bond motifs is 9. The lowest BCUT2D eigenvalue weighted by atomic mass is 9.89. The van der Waals surface area contributed by atoms with Crippen LogP contribution < -0.4 is 0 Å². The van der Waals surface area contributed by atoms with Gasteiger partial charge in [0.1, 0.15) is 11.2 Å². The fraction of sp³-hybridized carbons (Fsp3) is 0. The highest BCUT2D eigenvalue weighted by atomic mass is 16.3. The van der Waals surface area contributed by atoms with E-state index in [1.165, 1.54) is 38.1 Å². The average Bonchev–Trinajstić information content (AvgIpc) is 3.80. The first kappa shape index (κ1) is 38.5. The standard InChI is InChI=1S/C63H39N3O/c1-4-15-40(16-5-1)42-27-29-44(30-28-42)61-64-62(46-32-35-52-50-23-11-10-21-48(50)49-22-12-13-24-51(49)57(52)38-46)66-63(65-61)47-33-36-55-59(39-47)67-58-26-14-25-54(60(55)58)53-34-31-45(41-17-6-2-7-18-41)37-56(53)43-19-8-3-9-20-43/h1-39H. The highest BCUT2D eigenvalue weighted by Crippen LogP contribution is 2.43. The molecule has 0 fully saturated rings. The summed E-state index contributed by atoms with van der Waals surface area (Å²) in [7, 11) is 0. The molecule has 13 aromatic rings. The summed E-state index contributed by atoms with van der Waals surface area (Å²) in [6.45, 7) is 0. The van der Waals surface area contributed by atoms with Crippen molar-refractivity contribution in [3.05, 3.63) is 237 Å². The second kappa shape index (κ2) is 15.9. The summed E-state index contributed by atoms with van der Waals surface area (Å²) in [4.78, 5) is 15.7. The molecule has 4 heteroatoms. The predicted molar refractivity (Wildman–Crippen MR) is 278 cm³/mol. The molecule has 2 heterocycles. The molecule has 0 bridgehead atoms. The van der Waals surface area contributed by atoms with Crippen LogP contribution in [0.1, 0.15) is 0 Å². The van der Waals surface area contributed by atoms with Crippen molar-refractivity contribution in [3.8, 4) is 78.7 Å². The van der Waals surface area contributed by atoms with Crippen molar-refractivity contribution in [2.24, 2.45) is 0 Å². The van der Waals surface area contributed by atoms with Gasteiger partial charge < -0.3 is 4.42 Å². The normalized spacial score (nSPS) is 11.6. The molecular weight excluding hydrogens is 815 g/mol. The molecule has 0 amide bonds. The van der Waals surface area contributed by atoms with Crippen LogP contribution in [0.3, 0.4) is 0 Å². The van der Waals surface area contributed by atoms with E-state index in [9.17, 15) is 0 Å². The minimum atomic E-state index is 0.570. The molecule has 0 radical (unpaired) electrons. The molecule has 0 saturated carbocycles. The van der Waals surface area contributed by atoms with E-state index in [4.69, 9.17) is 19.4 Å². The van der Waals surface area contributed by atoms with Gasteiger partial charge in [-0.3, -0.25) is 0 Å². The summed E-state index contributed by atoms with van der Waals surface area (Å²) in [6, 6.07) is 83.5. The van der Waals surface area contributed by atoms with Gasteiger partial charge in [0.25, 0.3) is 0 Å². The summed E-state index contributed by atoms with van der Waals surface area (Å²) in [5.74, 6) is 1.77. The Balaban J connectivity index is 0.970. The Morgan fingerprint density at radius 2 is 0.672 bits per heavy atom. The quantitative estimate of drug-likeness (QED) is 0.150. The Morgan fingerprint density at radius 1 is 0.224 bits per heavy atom. The van der Waals surface area contributed by atoms with Gasteiger partial charge in [-0.2, -0.15) is 0 Å². The van der Waals surface area contributed by atoms with Gasteiger partial charge in [0, 0.05) is 27.5 Å². The van der Waals surface area contributed by atoms with E-state index in [0.717, 1.165) is 77.4 Å². The van der Waals surface area contributed by atoms with Gasteiger partial charge >= 0.3 is 0 Å². The van der Waals surface area contributed by atoms with Crippen LogP contribution in [0, 0.1) is 0 Å². The van der Waals surface area contributed by atoms with E-state index in [-0.39, 0.29) is 0 Å². The SMILES string of the molecule is c1ccc(-c2ccc(-c3nc(-c4ccc5c(c4)oc4cccc(-c6ccc(-c7ccccc7)cc6-c6ccccc6)c45)nc(-c4ccc5c6ccccc6c6ccccc6c5c4)n3)cc2)cc1. The molecule has 13 rings (SSSR count). The molecule has 0 spiro atoms. The highest BCUT2D eigenvalue weighted by Gasteiger charge is 2.20. The predicted octanol–water partition coefficient (Wildman–Crippen LogP) is 16.9. The Hall–Kier alpha value is -8.99. The van der Waals surface area contributed by atoms with E-state index >= 15 is 0 Å². The van der Waals surface area contributed by atoms with Crippen LogP contribution in [0.15, 0.2) is 241 Å². The molecule has 312 valence electrons. The Kier molecular flexibility index (Phi) is 9.14. The van der Waals surface area contributed by atoms with Crippen LogP contribution >= 0.6 is 0 Å². The summed E-state index contributed by atoms with van der Waals surface area (Å²) in [5, 5.41) is 9.34. The molecular formula is C63H39N3O. The monoisotopic (exact) mass is 853 g/mol. The topological polar surface area (TPSA) is 51.8 Å². The fourth-order valence-electron chi connectivity index (χ4n) is 9.89. The third-order valence-corrected chi connectivity index (χ3v) is 13.1. The maximum Gasteiger partial charge on any atom is 0.164 e. The molecule has 0 saturated heterocycles. The van der Waals surface area contributed by atoms with Crippen molar-refractivity contribution in [3.63, 3.8) is 0 Å². The molecule has 0 N–H and O–H groups in total. The van der Waals surface area contributed by atoms with E-state index in [2.05, 4.69) is 231 Å². The average molecular weight is 854 g/mol. The molecule has 0 aliphatic heterocycles. The Labute approximate surface area is 387 Å². The largest absolute Gasteiger partial charge is 0.456 e. The number of hydrogen-bond donors (Lipinski definition) is 0. The first-order valence-electron chi connectivity index (χ1n) is 22.7. The van der Waals surface area contributed by atoms with Gasteiger partial charge in [0.15, 0.2) is 17.5 Å². The van der Waals surface area contributed by atoms with Gasteiger partial charge in [0.05, 0.1) is 0 Å². The number of rotatable bonds is 7. The Bertz CT molecular complexity index is 3980. The van der Waals surface area contributed by atoms with Gasteiger partial charge in [-0.15, -0.1) is 0 Å². The van der Waals surface area contributed by atoms with Crippen molar-refractivity contribution >= 4 is 54.3 Å². The first-order chi connectivity index (χ1) is 33.2. The molecule has 0 atom stereocenters. The first-order valence-corrected chi connectivity index (χ1v) is 22.7. The number of aromatic nitrogens is 3. The van der Waals surface area contributed by atoms with E-state index in [1.807, 2.05) is 6.07 Å². The maximum absolute atomic E-state index is 6.75. The minimum absolute atomic E-state index is 0.570. The number of benzene rings is 11. The molecule has 0 unspecified atom stereocenters. The molecule has 0 aliphatic carbocycles. The highest BCUT2D eigenvalue weighted by molar-refractivity contribution is 6.25. The van der Waals surface area contributed by atoms with Crippen molar-refractivity contribution in [2.75, 3.05) is 0 Å². The van der Waals surface area contributed by atoms with Gasteiger partial charge in [0.2, 0.25) is 0 Å². The zero-order valence-electron chi connectivity index (χ0n) is 36.3. The van der Waals surface area contributed by atoms with E-state index in [1.54, 1.807) is 0 Å². The Morgan fingerprint density at radius 3 is 1.30 bits per heavy atom. The molecule has 11 aromatic carbocycles. The fourth-order valence-corrected chi connectivity index (χ4v) is 9.89. The third-order valence-electron chi connectivity index (χ3n) is 13.1. The van der Waals surface area contributed by atoms with Gasteiger partial charge in [-0.1, -0.05) is 206 Å². The van der Waals surface area contributed by atoms with Crippen molar-refractivity contribution in [2.45, 2.75) is 0 Å². The minimum Gasteiger partial charge on any atom is -0.456 e. The molecule has 67 heavy (non-hydrogen) atoms. The summed E-state index contributed by atoms with van der Waals surface area (Å²) in [6.07, 6.45) is 0. The summed E-state index contributed by atoms with van der Waals surface area (Å²) >= 11 is 0. The van der Waals surface area contributed by atoms with E-state index in [0.29, 0.717) is 17.5 Å². The van der Waals surface area contributed by atoms with Crippen molar-refractivity contribution in [1.82, 2.24) is 15.0 Å². The summed E-state index contributed by atoms with van der Waals surface area (Å²) in [5.41, 5.74) is 13.5. The van der Waals surface area contributed by atoms with Crippen molar-refractivity contribution < 1.29 is 4.42 Å². The lowest BCUT2D eigenvalue weighted by Gasteiger charge is -2.14. The van der Waals surface area contributed by atoms with Crippen molar-refractivity contribution in [1.29, 1.82) is 0 Å². The zero-order valence-corrected chi connectivity index (χ0v) is 36.3. The smallest absolute Gasteiger partial charge is 0.164 e. The lowest BCUT2D eigenvalue weighted by molar-refractivity contribution is 0.669. The second-order valence-corrected chi connectivity index (χ2v) is 17.1. The van der Waals surface area contributed by atoms with Crippen LogP contribution in [-0.2, 0) is 0 Å². The molecule has 2 aromatic heterocycles. The third kappa shape index (κ3) is 6.74. The van der Waals surface area contributed by atoms with Crippen LogP contribution in [0.2, 0.25) is 0 Å².